The number of rotatable bonds is 5. The molecule has 1 aliphatic carbocycles. The molecule has 3 rings (SSSR count). The molecule has 6 nitrogen and oxygen atoms in total. The van der Waals surface area contributed by atoms with Gasteiger partial charge in [-0.15, -0.1) is 0 Å². The van der Waals surface area contributed by atoms with Crippen molar-refractivity contribution in [2.24, 2.45) is 5.92 Å². The molecule has 2 N–H and O–H groups in total. The number of benzene rings is 1. The van der Waals surface area contributed by atoms with Gasteiger partial charge in [-0.05, 0) is 31.7 Å². The standard InChI is InChI=1S/C18H21N3O3/c1-11(18(23)24-2)15(12-7-4-3-5-8-12)19-17(22)16-13-9-6-10-14(13)20-21-16/h3-5,7-8,11,15H,6,9-10H2,1-2H3,(H,19,22)(H,20,21). The second-order valence-corrected chi connectivity index (χ2v) is 6.06. The van der Waals surface area contributed by atoms with Gasteiger partial charge in [-0.2, -0.15) is 5.10 Å². The Bertz CT molecular complexity index is 739. The highest BCUT2D eigenvalue weighted by Crippen LogP contribution is 2.26. The quantitative estimate of drug-likeness (QED) is 0.825. The van der Waals surface area contributed by atoms with Gasteiger partial charge in [0.15, 0.2) is 5.69 Å². The summed E-state index contributed by atoms with van der Waals surface area (Å²) in [5, 5.41) is 10.1. The van der Waals surface area contributed by atoms with E-state index in [0.717, 1.165) is 36.1 Å². The van der Waals surface area contributed by atoms with Gasteiger partial charge in [-0.25, -0.2) is 0 Å². The first kappa shape index (κ1) is 16.2. The number of hydrogen-bond donors (Lipinski definition) is 2. The Labute approximate surface area is 140 Å². The molecule has 2 atom stereocenters. The predicted octanol–water partition coefficient (Wildman–Crippen LogP) is 2.18. The largest absolute Gasteiger partial charge is 0.469 e. The Morgan fingerprint density at radius 3 is 2.71 bits per heavy atom. The van der Waals surface area contributed by atoms with Gasteiger partial charge >= 0.3 is 5.97 Å². The predicted molar refractivity (Wildman–Crippen MR) is 88.4 cm³/mol. The molecule has 1 aliphatic rings. The van der Waals surface area contributed by atoms with Crippen LogP contribution in [0.5, 0.6) is 0 Å². The molecule has 0 bridgehead atoms. The monoisotopic (exact) mass is 327 g/mol. The molecule has 1 aromatic carbocycles. The van der Waals surface area contributed by atoms with Crippen molar-refractivity contribution >= 4 is 11.9 Å². The molecule has 1 aromatic heterocycles. The molecule has 24 heavy (non-hydrogen) atoms. The third-order valence-corrected chi connectivity index (χ3v) is 4.54. The summed E-state index contributed by atoms with van der Waals surface area (Å²) in [5.41, 5.74) is 3.32. The summed E-state index contributed by atoms with van der Waals surface area (Å²) < 4.78 is 4.85. The minimum Gasteiger partial charge on any atom is -0.469 e. The summed E-state index contributed by atoms with van der Waals surface area (Å²) in [4.78, 5) is 24.7. The fourth-order valence-corrected chi connectivity index (χ4v) is 3.20. The molecule has 0 spiro atoms. The van der Waals surface area contributed by atoms with E-state index in [-0.39, 0.29) is 11.9 Å². The van der Waals surface area contributed by atoms with Crippen LogP contribution >= 0.6 is 0 Å². The van der Waals surface area contributed by atoms with E-state index in [1.165, 1.54) is 7.11 Å². The molecular formula is C18H21N3O3. The Morgan fingerprint density at radius 1 is 1.25 bits per heavy atom. The van der Waals surface area contributed by atoms with E-state index >= 15 is 0 Å². The van der Waals surface area contributed by atoms with Crippen molar-refractivity contribution in [2.75, 3.05) is 7.11 Å². The molecule has 126 valence electrons. The van der Waals surface area contributed by atoms with Gasteiger partial charge in [0.1, 0.15) is 0 Å². The lowest BCUT2D eigenvalue weighted by molar-refractivity contribution is -0.145. The number of carbonyl (C=O) groups excluding carboxylic acids is 2. The second-order valence-electron chi connectivity index (χ2n) is 6.06. The topological polar surface area (TPSA) is 84.1 Å². The summed E-state index contributed by atoms with van der Waals surface area (Å²) in [6.07, 6.45) is 2.82. The molecule has 6 heteroatoms. The van der Waals surface area contributed by atoms with Gasteiger partial charge in [0.05, 0.1) is 19.1 Å². The number of esters is 1. The SMILES string of the molecule is COC(=O)C(C)C(NC(=O)c1n[nH]c2c1CCC2)c1ccccc1. The van der Waals surface area contributed by atoms with E-state index in [4.69, 9.17) is 4.74 Å². The summed E-state index contributed by atoms with van der Waals surface area (Å²) in [6.45, 7) is 1.75. The Morgan fingerprint density at radius 2 is 2.00 bits per heavy atom. The normalized spacial score (nSPS) is 15.4. The van der Waals surface area contributed by atoms with Crippen molar-refractivity contribution in [2.45, 2.75) is 32.2 Å². The van der Waals surface area contributed by atoms with Gasteiger partial charge in [-0.3, -0.25) is 14.7 Å². The van der Waals surface area contributed by atoms with Crippen molar-refractivity contribution in [3.8, 4) is 0 Å². The maximum Gasteiger partial charge on any atom is 0.310 e. The van der Waals surface area contributed by atoms with Crippen LogP contribution in [0, 0.1) is 5.92 Å². The molecule has 1 heterocycles. The van der Waals surface area contributed by atoms with Gasteiger partial charge in [0.25, 0.3) is 5.91 Å². The number of H-pyrrole nitrogens is 1. The maximum atomic E-state index is 12.7. The number of aromatic amines is 1. The molecule has 0 fully saturated rings. The van der Waals surface area contributed by atoms with Crippen molar-refractivity contribution in [3.05, 3.63) is 52.8 Å². The van der Waals surface area contributed by atoms with Crippen LogP contribution in [-0.4, -0.2) is 29.2 Å². The number of carbonyl (C=O) groups is 2. The summed E-state index contributed by atoms with van der Waals surface area (Å²) in [5.74, 6) is -1.14. The molecule has 0 saturated carbocycles. The highest BCUT2D eigenvalue weighted by molar-refractivity contribution is 5.94. The second kappa shape index (κ2) is 6.86. The van der Waals surface area contributed by atoms with Crippen molar-refractivity contribution in [1.29, 1.82) is 0 Å². The number of aromatic nitrogens is 2. The number of ether oxygens (including phenoxy) is 1. The lowest BCUT2D eigenvalue weighted by Crippen LogP contribution is -2.36. The summed E-state index contributed by atoms with van der Waals surface area (Å²) >= 11 is 0. The van der Waals surface area contributed by atoms with Crippen molar-refractivity contribution in [1.82, 2.24) is 15.5 Å². The third kappa shape index (κ3) is 3.04. The average molecular weight is 327 g/mol. The van der Waals surface area contributed by atoms with E-state index in [0.29, 0.717) is 5.69 Å². The van der Waals surface area contributed by atoms with Crippen LogP contribution in [0.3, 0.4) is 0 Å². The molecule has 0 saturated heterocycles. The van der Waals surface area contributed by atoms with E-state index in [1.807, 2.05) is 30.3 Å². The van der Waals surface area contributed by atoms with Crippen LogP contribution in [-0.2, 0) is 22.4 Å². The van der Waals surface area contributed by atoms with Crippen LogP contribution in [0.4, 0.5) is 0 Å². The highest BCUT2D eigenvalue weighted by atomic mass is 16.5. The Hall–Kier alpha value is -2.63. The Balaban J connectivity index is 1.86. The first-order chi connectivity index (χ1) is 11.6. The van der Waals surface area contributed by atoms with Gasteiger partial charge in [0, 0.05) is 11.3 Å². The molecule has 1 amide bonds. The smallest absolute Gasteiger partial charge is 0.310 e. The van der Waals surface area contributed by atoms with Crippen LogP contribution in [0.1, 0.15) is 46.7 Å². The zero-order valence-electron chi connectivity index (χ0n) is 13.8. The van der Waals surface area contributed by atoms with Gasteiger partial charge in [-0.1, -0.05) is 30.3 Å². The highest BCUT2D eigenvalue weighted by Gasteiger charge is 2.30. The summed E-state index contributed by atoms with van der Waals surface area (Å²) in [6, 6.07) is 8.96. The maximum absolute atomic E-state index is 12.7. The number of aryl methyl sites for hydroxylation is 1. The fraction of sp³-hybridized carbons (Fsp3) is 0.389. The number of nitrogens with zero attached hydrogens (tertiary/aromatic N) is 1. The van der Waals surface area contributed by atoms with Crippen LogP contribution in [0.15, 0.2) is 30.3 Å². The Kier molecular flexibility index (Phi) is 4.64. The van der Waals surface area contributed by atoms with Crippen LogP contribution in [0.25, 0.3) is 0 Å². The van der Waals surface area contributed by atoms with Crippen molar-refractivity contribution in [3.63, 3.8) is 0 Å². The number of fused-ring (bicyclic) bond motifs is 1. The van der Waals surface area contributed by atoms with E-state index < -0.39 is 12.0 Å². The van der Waals surface area contributed by atoms with Crippen molar-refractivity contribution < 1.29 is 14.3 Å². The molecule has 0 radical (unpaired) electrons. The van der Waals surface area contributed by atoms with Crippen LogP contribution < -0.4 is 5.32 Å². The number of amides is 1. The van der Waals surface area contributed by atoms with Crippen LogP contribution in [0.2, 0.25) is 0 Å². The molecule has 2 aromatic rings. The lowest BCUT2D eigenvalue weighted by Gasteiger charge is -2.23. The van der Waals surface area contributed by atoms with Gasteiger partial charge in [0.2, 0.25) is 0 Å². The molecular weight excluding hydrogens is 306 g/mol. The number of nitrogens with one attached hydrogen (secondary N) is 2. The number of hydrogen-bond acceptors (Lipinski definition) is 4. The van der Waals surface area contributed by atoms with E-state index in [9.17, 15) is 9.59 Å². The van der Waals surface area contributed by atoms with E-state index in [1.54, 1.807) is 6.92 Å². The lowest BCUT2D eigenvalue weighted by atomic mass is 9.94. The fourth-order valence-electron chi connectivity index (χ4n) is 3.20. The first-order valence-electron chi connectivity index (χ1n) is 8.11. The summed E-state index contributed by atoms with van der Waals surface area (Å²) in [7, 11) is 1.35. The average Bonchev–Trinajstić information content (AvgIpc) is 3.22. The minimum absolute atomic E-state index is 0.265. The molecule has 2 unspecified atom stereocenters. The zero-order valence-corrected chi connectivity index (χ0v) is 13.8. The zero-order chi connectivity index (χ0) is 17.1. The minimum atomic E-state index is -0.506. The van der Waals surface area contributed by atoms with Gasteiger partial charge < -0.3 is 10.1 Å². The number of methoxy groups -OCH3 is 1. The molecule has 0 aliphatic heterocycles. The first-order valence-corrected chi connectivity index (χ1v) is 8.11. The third-order valence-electron chi connectivity index (χ3n) is 4.54. The van der Waals surface area contributed by atoms with E-state index in [2.05, 4.69) is 15.5 Å².